The highest BCUT2D eigenvalue weighted by atomic mass is 32.2. The van der Waals surface area contributed by atoms with E-state index < -0.39 is 12.0 Å². The molecule has 0 aromatic carbocycles. The van der Waals surface area contributed by atoms with Gasteiger partial charge < -0.3 is 5.11 Å². The van der Waals surface area contributed by atoms with Gasteiger partial charge in [-0.05, 0) is 31.5 Å². The van der Waals surface area contributed by atoms with Crippen LogP contribution in [0.15, 0.2) is 24.5 Å². The van der Waals surface area contributed by atoms with Crippen molar-refractivity contribution in [1.29, 1.82) is 0 Å². The highest BCUT2D eigenvalue weighted by Gasteiger charge is 2.45. The lowest BCUT2D eigenvalue weighted by Crippen LogP contribution is -2.43. The van der Waals surface area contributed by atoms with Crippen LogP contribution in [0.4, 0.5) is 0 Å². The topological polar surface area (TPSA) is 62.2 Å². The van der Waals surface area contributed by atoms with Crippen molar-refractivity contribution in [1.82, 2.24) is 10.3 Å². The molecule has 1 aliphatic heterocycles. The van der Waals surface area contributed by atoms with Crippen LogP contribution >= 0.6 is 11.8 Å². The number of aromatic nitrogens is 1. The van der Waals surface area contributed by atoms with E-state index in [9.17, 15) is 4.79 Å². The first-order valence-electron chi connectivity index (χ1n) is 5.07. The molecule has 1 aromatic heterocycles. The molecule has 1 saturated heterocycles. The third kappa shape index (κ3) is 2.05. The minimum atomic E-state index is -0.797. The minimum absolute atomic E-state index is 0.0269. The minimum Gasteiger partial charge on any atom is -0.480 e. The molecule has 16 heavy (non-hydrogen) atoms. The van der Waals surface area contributed by atoms with Crippen LogP contribution in [0, 0.1) is 0 Å². The van der Waals surface area contributed by atoms with Crippen LogP contribution in [-0.4, -0.2) is 26.8 Å². The van der Waals surface area contributed by atoms with Gasteiger partial charge >= 0.3 is 5.97 Å². The number of carboxylic acids is 1. The number of rotatable bonds is 2. The van der Waals surface area contributed by atoms with Crippen LogP contribution in [-0.2, 0) is 4.79 Å². The highest BCUT2D eigenvalue weighted by Crippen LogP contribution is 2.45. The molecule has 2 N–H and O–H groups in total. The number of thioether (sulfide) groups is 1. The second-order valence-corrected chi connectivity index (χ2v) is 6.08. The maximum Gasteiger partial charge on any atom is 0.322 e. The molecule has 2 heterocycles. The van der Waals surface area contributed by atoms with E-state index in [1.807, 2.05) is 26.0 Å². The molecule has 5 heteroatoms. The van der Waals surface area contributed by atoms with Crippen molar-refractivity contribution >= 4 is 17.7 Å². The van der Waals surface area contributed by atoms with E-state index in [1.165, 1.54) is 0 Å². The number of nitrogens with zero attached hydrogens (tertiary/aromatic N) is 1. The van der Waals surface area contributed by atoms with Crippen molar-refractivity contribution in [2.24, 2.45) is 0 Å². The molecule has 2 atom stereocenters. The van der Waals surface area contributed by atoms with Gasteiger partial charge in [-0.25, -0.2) is 0 Å². The summed E-state index contributed by atoms with van der Waals surface area (Å²) in [6.07, 6.45) is 3.44. The highest BCUT2D eigenvalue weighted by molar-refractivity contribution is 8.01. The number of carbonyl (C=O) groups is 1. The summed E-state index contributed by atoms with van der Waals surface area (Å²) in [7, 11) is 0. The molecule has 0 amide bonds. The molecular formula is C11H14N2O2S. The number of hydrogen-bond acceptors (Lipinski definition) is 4. The molecule has 0 saturated carbocycles. The van der Waals surface area contributed by atoms with E-state index in [0.717, 1.165) is 5.56 Å². The average molecular weight is 238 g/mol. The first-order valence-corrected chi connectivity index (χ1v) is 5.95. The van der Waals surface area contributed by atoms with Crippen LogP contribution in [0.5, 0.6) is 0 Å². The van der Waals surface area contributed by atoms with Crippen molar-refractivity contribution in [2.75, 3.05) is 0 Å². The van der Waals surface area contributed by atoms with Crippen molar-refractivity contribution in [3.63, 3.8) is 0 Å². The Kier molecular flexibility index (Phi) is 2.90. The number of nitrogens with one attached hydrogen (secondary N) is 1. The second kappa shape index (κ2) is 4.07. The Balaban J connectivity index is 2.21. The smallest absolute Gasteiger partial charge is 0.322 e. The van der Waals surface area contributed by atoms with E-state index in [0.29, 0.717) is 0 Å². The van der Waals surface area contributed by atoms with E-state index >= 15 is 0 Å². The molecule has 0 radical (unpaired) electrons. The summed E-state index contributed by atoms with van der Waals surface area (Å²) in [6.45, 7) is 3.90. The Morgan fingerprint density at radius 3 is 2.62 bits per heavy atom. The van der Waals surface area contributed by atoms with Gasteiger partial charge in [0.2, 0.25) is 0 Å². The molecule has 0 bridgehead atoms. The Hall–Kier alpha value is -1.07. The van der Waals surface area contributed by atoms with Gasteiger partial charge in [0.1, 0.15) is 6.04 Å². The summed E-state index contributed by atoms with van der Waals surface area (Å²) >= 11 is 1.64. The molecule has 86 valence electrons. The zero-order chi connectivity index (χ0) is 11.8. The maximum atomic E-state index is 11.1. The van der Waals surface area contributed by atoms with Gasteiger partial charge in [-0.2, -0.15) is 0 Å². The number of carboxylic acid groups (broad SMARTS) is 1. The molecule has 0 aliphatic carbocycles. The molecule has 1 aliphatic rings. The molecule has 2 rings (SSSR count). The largest absolute Gasteiger partial charge is 0.480 e. The first-order chi connectivity index (χ1) is 7.50. The Labute approximate surface area is 98.5 Å². The van der Waals surface area contributed by atoms with Gasteiger partial charge in [0, 0.05) is 17.1 Å². The number of hydrogen-bond donors (Lipinski definition) is 2. The van der Waals surface area contributed by atoms with Gasteiger partial charge in [-0.1, -0.05) is 0 Å². The third-order valence-corrected chi connectivity index (χ3v) is 4.18. The van der Waals surface area contributed by atoms with Gasteiger partial charge in [0.05, 0.1) is 5.37 Å². The van der Waals surface area contributed by atoms with Crippen LogP contribution in [0.25, 0.3) is 0 Å². The monoisotopic (exact) mass is 238 g/mol. The predicted octanol–water partition coefficient (Wildman–Crippen LogP) is 1.65. The Bertz CT molecular complexity index is 394. The summed E-state index contributed by atoms with van der Waals surface area (Å²) in [5, 5.41) is 12.3. The van der Waals surface area contributed by atoms with Crippen LogP contribution in [0.1, 0.15) is 24.8 Å². The Morgan fingerprint density at radius 2 is 2.12 bits per heavy atom. The fourth-order valence-corrected chi connectivity index (χ4v) is 3.24. The molecule has 1 aromatic rings. The normalized spacial score (nSPS) is 27.9. The molecular weight excluding hydrogens is 224 g/mol. The zero-order valence-corrected chi connectivity index (χ0v) is 9.99. The lowest BCUT2D eigenvalue weighted by Gasteiger charge is -2.20. The fourth-order valence-electron chi connectivity index (χ4n) is 1.83. The first kappa shape index (κ1) is 11.4. The van der Waals surface area contributed by atoms with Crippen molar-refractivity contribution in [3.8, 4) is 0 Å². The number of aliphatic carboxylic acids is 1. The van der Waals surface area contributed by atoms with Crippen molar-refractivity contribution in [2.45, 2.75) is 30.0 Å². The van der Waals surface area contributed by atoms with E-state index in [2.05, 4.69) is 10.3 Å². The summed E-state index contributed by atoms with van der Waals surface area (Å²) in [4.78, 5) is 15.1. The predicted molar refractivity (Wildman–Crippen MR) is 63.2 cm³/mol. The van der Waals surface area contributed by atoms with E-state index in [4.69, 9.17) is 5.11 Å². The number of pyridine rings is 1. The third-order valence-electron chi connectivity index (χ3n) is 2.69. The van der Waals surface area contributed by atoms with Crippen molar-refractivity contribution < 1.29 is 9.90 Å². The van der Waals surface area contributed by atoms with Crippen molar-refractivity contribution in [3.05, 3.63) is 30.1 Å². The molecule has 4 nitrogen and oxygen atoms in total. The van der Waals surface area contributed by atoms with Crippen LogP contribution in [0.2, 0.25) is 0 Å². The van der Waals surface area contributed by atoms with Gasteiger partial charge in [-0.3, -0.25) is 15.1 Å². The Morgan fingerprint density at radius 1 is 1.50 bits per heavy atom. The van der Waals surface area contributed by atoms with Gasteiger partial charge in [0.15, 0.2) is 0 Å². The average Bonchev–Trinajstić information content (AvgIpc) is 2.56. The molecule has 0 unspecified atom stereocenters. The fraction of sp³-hybridized carbons (Fsp3) is 0.455. The summed E-state index contributed by atoms with van der Waals surface area (Å²) in [6, 6.07) is 3.30. The zero-order valence-electron chi connectivity index (χ0n) is 9.18. The summed E-state index contributed by atoms with van der Waals surface area (Å²) in [5.74, 6) is -0.797. The molecule has 1 fully saturated rings. The molecule has 0 spiro atoms. The van der Waals surface area contributed by atoms with E-state index in [1.54, 1.807) is 24.2 Å². The quantitative estimate of drug-likeness (QED) is 0.820. The SMILES string of the molecule is CC1(C)S[C@@H](c2ccncc2)N[C@@H]1C(=O)O. The van der Waals surface area contributed by atoms with Gasteiger partial charge in [0.25, 0.3) is 0 Å². The maximum absolute atomic E-state index is 11.1. The lowest BCUT2D eigenvalue weighted by molar-refractivity contribution is -0.139. The van der Waals surface area contributed by atoms with E-state index in [-0.39, 0.29) is 10.1 Å². The lowest BCUT2D eigenvalue weighted by atomic mass is 10.0. The van der Waals surface area contributed by atoms with Crippen LogP contribution in [0.3, 0.4) is 0 Å². The summed E-state index contributed by atoms with van der Waals surface area (Å²) < 4.78 is -0.306. The summed E-state index contributed by atoms with van der Waals surface area (Å²) in [5.41, 5.74) is 1.07. The van der Waals surface area contributed by atoms with Gasteiger partial charge in [-0.15, -0.1) is 11.8 Å². The second-order valence-electron chi connectivity index (χ2n) is 4.32. The standard InChI is InChI=1S/C11H14N2O2S/c1-11(2)8(10(14)15)13-9(16-11)7-3-5-12-6-4-7/h3-6,8-9,13H,1-2H3,(H,14,15)/t8-,9+/m1/s1. The van der Waals surface area contributed by atoms with Crippen LogP contribution < -0.4 is 5.32 Å².